The summed E-state index contributed by atoms with van der Waals surface area (Å²) in [6.07, 6.45) is 4.66. The Bertz CT molecular complexity index is 1370. The summed E-state index contributed by atoms with van der Waals surface area (Å²) in [7, 11) is 0. The van der Waals surface area contributed by atoms with E-state index in [1.807, 2.05) is 70.2 Å². The van der Waals surface area contributed by atoms with Gasteiger partial charge in [-0.15, -0.1) is 5.10 Å². The summed E-state index contributed by atoms with van der Waals surface area (Å²) in [6, 6.07) is 18.5. The van der Waals surface area contributed by atoms with Crippen LogP contribution in [0, 0.1) is 6.92 Å². The van der Waals surface area contributed by atoms with Crippen molar-refractivity contribution in [1.29, 1.82) is 0 Å². The number of carbonyl (C=O) groups is 2. The molecule has 0 unspecified atom stereocenters. The molecule has 8 nitrogen and oxygen atoms in total. The molecular formula is C29H34N6O2. The fourth-order valence-corrected chi connectivity index (χ4v) is 4.28. The van der Waals surface area contributed by atoms with Gasteiger partial charge in [-0.3, -0.25) is 14.6 Å². The zero-order valence-electron chi connectivity index (χ0n) is 21.9. The van der Waals surface area contributed by atoms with Gasteiger partial charge >= 0.3 is 0 Å². The van der Waals surface area contributed by atoms with Gasteiger partial charge in [0.1, 0.15) is 18.1 Å². The molecule has 0 fully saturated rings. The van der Waals surface area contributed by atoms with Crippen molar-refractivity contribution in [1.82, 2.24) is 30.2 Å². The maximum atomic E-state index is 13.9. The van der Waals surface area contributed by atoms with Crippen LogP contribution in [0.5, 0.6) is 0 Å². The predicted molar refractivity (Wildman–Crippen MR) is 144 cm³/mol. The number of nitrogens with one attached hydrogen (secondary N) is 1. The topological polar surface area (TPSA) is 93.0 Å². The lowest BCUT2D eigenvalue weighted by Crippen LogP contribution is -2.51. The molecule has 2 aromatic heterocycles. The van der Waals surface area contributed by atoms with E-state index in [9.17, 15) is 9.59 Å². The third kappa shape index (κ3) is 6.39. The smallest absolute Gasteiger partial charge is 0.247 e. The van der Waals surface area contributed by atoms with Gasteiger partial charge in [0.05, 0.1) is 5.52 Å². The number of carbonyl (C=O) groups excluding carboxylic acids is 2. The highest BCUT2D eigenvalue weighted by molar-refractivity contribution is 5.89. The average molecular weight is 499 g/mol. The number of pyridine rings is 1. The van der Waals surface area contributed by atoms with Crippen LogP contribution in [0.2, 0.25) is 0 Å². The van der Waals surface area contributed by atoms with Crippen molar-refractivity contribution < 1.29 is 9.59 Å². The first kappa shape index (κ1) is 26.0. The van der Waals surface area contributed by atoms with E-state index in [0.29, 0.717) is 18.5 Å². The molecule has 0 spiro atoms. The van der Waals surface area contributed by atoms with Crippen molar-refractivity contribution in [3.63, 3.8) is 0 Å². The second-order valence-electron chi connectivity index (χ2n) is 9.97. The maximum absolute atomic E-state index is 13.9. The number of aryl methyl sites for hydroxylation is 1. The number of hydrogen-bond acceptors (Lipinski definition) is 5. The third-order valence-corrected chi connectivity index (χ3v) is 6.68. The molecule has 37 heavy (non-hydrogen) atoms. The van der Waals surface area contributed by atoms with E-state index in [-0.39, 0.29) is 18.4 Å². The Morgan fingerprint density at radius 3 is 2.54 bits per heavy atom. The standard InChI is InChI=1S/C29H34N6O2/c1-5-29(3,4)31-28(37)27(23-13-16-30-17-14-23)34(18-15-22-10-8-9-21(2)19-22)26(36)20-35-25-12-7-6-11-24(25)32-33-35/h6-14,16-17,19,27H,5,15,18,20H2,1-4H3,(H,31,37)/t27-/m1/s1. The normalized spacial score (nSPS) is 12.3. The van der Waals surface area contributed by atoms with Gasteiger partial charge in [-0.05, 0) is 69.0 Å². The van der Waals surface area contributed by atoms with Crippen molar-refractivity contribution in [2.75, 3.05) is 6.54 Å². The van der Waals surface area contributed by atoms with Crippen molar-refractivity contribution in [2.24, 2.45) is 0 Å². The van der Waals surface area contributed by atoms with Crippen LogP contribution < -0.4 is 5.32 Å². The monoisotopic (exact) mass is 498 g/mol. The highest BCUT2D eigenvalue weighted by Crippen LogP contribution is 2.24. The van der Waals surface area contributed by atoms with Crippen molar-refractivity contribution in [2.45, 2.75) is 58.7 Å². The summed E-state index contributed by atoms with van der Waals surface area (Å²) >= 11 is 0. The van der Waals surface area contributed by atoms with Gasteiger partial charge in [-0.25, -0.2) is 4.68 Å². The summed E-state index contributed by atoms with van der Waals surface area (Å²) in [6.45, 7) is 8.37. The quantitative estimate of drug-likeness (QED) is 0.353. The van der Waals surface area contributed by atoms with Crippen LogP contribution in [0.3, 0.4) is 0 Å². The van der Waals surface area contributed by atoms with Crippen LogP contribution in [-0.4, -0.2) is 48.8 Å². The van der Waals surface area contributed by atoms with Crippen LogP contribution in [0.15, 0.2) is 73.1 Å². The number of nitrogens with zero attached hydrogens (tertiary/aromatic N) is 5. The van der Waals surface area contributed by atoms with Gasteiger partial charge in [-0.2, -0.15) is 0 Å². The van der Waals surface area contributed by atoms with E-state index in [0.717, 1.165) is 28.6 Å². The van der Waals surface area contributed by atoms with Gasteiger partial charge in [0, 0.05) is 24.5 Å². The molecule has 1 N–H and O–H groups in total. The molecule has 0 radical (unpaired) electrons. The molecule has 0 bridgehead atoms. The molecule has 4 aromatic rings. The molecule has 0 aliphatic rings. The highest BCUT2D eigenvalue weighted by atomic mass is 16.2. The molecule has 2 aromatic carbocycles. The minimum absolute atomic E-state index is 0.0274. The summed E-state index contributed by atoms with van der Waals surface area (Å²) in [5.74, 6) is -0.436. The highest BCUT2D eigenvalue weighted by Gasteiger charge is 2.34. The number of hydrogen-bond donors (Lipinski definition) is 1. The maximum Gasteiger partial charge on any atom is 0.247 e. The molecule has 192 valence electrons. The Labute approximate surface area is 217 Å². The van der Waals surface area contributed by atoms with Crippen LogP contribution in [0.25, 0.3) is 11.0 Å². The minimum atomic E-state index is -0.819. The number of aromatic nitrogens is 4. The summed E-state index contributed by atoms with van der Waals surface area (Å²) < 4.78 is 1.59. The zero-order chi connectivity index (χ0) is 26.4. The second kappa shape index (κ2) is 11.3. The van der Waals surface area contributed by atoms with E-state index in [4.69, 9.17) is 0 Å². The zero-order valence-corrected chi connectivity index (χ0v) is 21.9. The van der Waals surface area contributed by atoms with Crippen LogP contribution in [0.4, 0.5) is 0 Å². The number of fused-ring (bicyclic) bond motifs is 1. The third-order valence-electron chi connectivity index (χ3n) is 6.68. The number of para-hydroxylation sites is 1. The largest absolute Gasteiger partial charge is 0.349 e. The number of amides is 2. The Hall–Kier alpha value is -4.07. The average Bonchev–Trinajstić information content (AvgIpc) is 3.29. The first-order valence-electron chi connectivity index (χ1n) is 12.6. The summed E-state index contributed by atoms with van der Waals surface area (Å²) in [5.41, 5.74) is 4.03. The minimum Gasteiger partial charge on any atom is -0.349 e. The first-order valence-corrected chi connectivity index (χ1v) is 12.6. The lowest BCUT2D eigenvalue weighted by atomic mass is 9.98. The van der Waals surface area contributed by atoms with Gasteiger partial charge in [0.25, 0.3) is 0 Å². The van der Waals surface area contributed by atoms with Crippen LogP contribution in [0.1, 0.15) is 49.9 Å². The van der Waals surface area contributed by atoms with E-state index in [1.165, 1.54) is 0 Å². The second-order valence-corrected chi connectivity index (χ2v) is 9.97. The first-order chi connectivity index (χ1) is 17.8. The molecule has 0 aliphatic heterocycles. The van der Waals surface area contributed by atoms with Crippen LogP contribution >= 0.6 is 0 Å². The molecule has 4 rings (SSSR count). The molecule has 8 heteroatoms. The van der Waals surface area contributed by atoms with E-state index < -0.39 is 11.6 Å². The lowest BCUT2D eigenvalue weighted by molar-refractivity contribution is -0.142. The molecule has 0 aliphatic carbocycles. The Balaban J connectivity index is 1.70. The fourth-order valence-electron chi connectivity index (χ4n) is 4.28. The van der Waals surface area contributed by atoms with Gasteiger partial charge in [0.15, 0.2) is 0 Å². The van der Waals surface area contributed by atoms with Gasteiger partial charge in [0.2, 0.25) is 11.8 Å². The molecule has 1 atom stereocenters. The van der Waals surface area contributed by atoms with E-state index in [1.54, 1.807) is 34.1 Å². The van der Waals surface area contributed by atoms with E-state index >= 15 is 0 Å². The Kier molecular flexibility index (Phi) is 7.96. The summed E-state index contributed by atoms with van der Waals surface area (Å²) in [4.78, 5) is 33.5. The molecule has 2 heterocycles. The van der Waals surface area contributed by atoms with Crippen molar-refractivity contribution in [3.8, 4) is 0 Å². The number of benzene rings is 2. The van der Waals surface area contributed by atoms with Crippen molar-refractivity contribution >= 4 is 22.8 Å². The molecule has 0 saturated carbocycles. The molecule has 0 saturated heterocycles. The predicted octanol–water partition coefficient (Wildman–Crippen LogP) is 4.25. The number of rotatable bonds is 10. The fraction of sp³-hybridized carbons (Fsp3) is 0.345. The Morgan fingerprint density at radius 1 is 1.05 bits per heavy atom. The molecular weight excluding hydrogens is 464 g/mol. The van der Waals surface area contributed by atoms with Gasteiger partial charge < -0.3 is 10.2 Å². The Morgan fingerprint density at radius 2 is 1.81 bits per heavy atom. The SMILES string of the molecule is CCC(C)(C)NC(=O)[C@@H](c1ccncc1)N(CCc1cccc(C)c1)C(=O)Cn1nnc2ccccc21. The van der Waals surface area contributed by atoms with Crippen LogP contribution in [-0.2, 0) is 22.6 Å². The summed E-state index contributed by atoms with van der Waals surface area (Å²) in [5, 5.41) is 11.5. The van der Waals surface area contributed by atoms with Crippen molar-refractivity contribution in [3.05, 3.63) is 89.7 Å². The molecule has 2 amide bonds. The van der Waals surface area contributed by atoms with E-state index in [2.05, 4.69) is 26.7 Å². The lowest BCUT2D eigenvalue weighted by Gasteiger charge is -2.34. The van der Waals surface area contributed by atoms with Gasteiger partial charge in [-0.1, -0.05) is 54.1 Å².